The Labute approximate surface area is 130 Å². The molecule has 0 saturated carbocycles. The molecule has 0 bridgehead atoms. The summed E-state index contributed by atoms with van der Waals surface area (Å²) >= 11 is 6.29. The molecule has 1 aromatic rings. The van der Waals surface area contributed by atoms with Gasteiger partial charge in [0.25, 0.3) is 11.8 Å². The van der Waals surface area contributed by atoms with Gasteiger partial charge < -0.3 is 0 Å². The zero-order chi connectivity index (χ0) is 15.1. The largest absolute Gasteiger partial charge is 0.292 e. The zero-order valence-corrected chi connectivity index (χ0v) is 12.6. The number of rotatable bonds is 1. The molecule has 1 aromatic carbocycles. The smallest absolute Gasteiger partial charge is 0.271 e. The summed E-state index contributed by atoms with van der Waals surface area (Å²) in [6.07, 6.45) is -0.0722. The van der Waals surface area contributed by atoms with E-state index in [1.165, 1.54) is 4.90 Å². The number of nitrogens with one attached hydrogen (secondary N) is 1. The number of anilines is 1. The number of hydrogen-bond acceptors (Lipinski definition) is 5. The predicted octanol–water partition coefficient (Wildman–Crippen LogP) is 1.66. The summed E-state index contributed by atoms with van der Waals surface area (Å²) in [7, 11) is 0. The second-order valence-electron chi connectivity index (χ2n) is 4.71. The van der Waals surface area contributed by atoms with E-state index in [-0.39, 0.29) is 22.8 Å². The second kappa shape index (κ2) is 5.09. The molecule has 21 heavy (non-hydrogen) atoms. The third kappa shape index (κ3) is 2.38. The second-order valence-corrected chi connectivity index (χ2v) is 6.35. The van der Waals surface area contributed by atoms with Gasteiger partial charge in [-0.2, -0.15) is 0 Å². The number of carbonyl (C=O) groups is 3. The molecule has 0 radical (unpaired) electrons. The molecule has 0 aliphatic carbocycles. The summed E-state index contributed by atoms with van der Waals surface area (Å²) in [5, 5.41) is 2.18. The maximum absolute atomic E-state index is 12.5. The first-order chi connectivity index (χ1) is 9.97. The molecular weight excluding hydrogens is 308 g/mol. The first kappa shape index (κ1) is 14.0. The van der Waals surface area contributed by atoms with E-state index < -0.39 is 11.8 Å². The van der Waals surface area contributed by atoms with E-state index in [9.17, 15) is 14.4 Å². The molecule has 1 N–H and O–H groups in total. The van der Waals surface area contributed by atoms with E-state index in [0.29, 0.717) is 10.0 Å². The van der Waals surface area contributed by atoms with Crippen molar-refractivity contribution in [1.82, 2.24) is 5.32 Å². The van der Waals surface area contributed by atoms with Crippen LogP contribution >= 0.6 is 24.0 Å². The number of hydrogen-bond donors (Lipinski definition) is 1. The van der Waals surface area contributed by atoms with Crippen molar-refractivity contribution in [3.05, 3.63) is 40.3 Å². The van der Waals surface area contributed by atoms with E-state index in [1.54, 1.807) is 12.1 Å². The highest BCUT2D eigenvalue weighted by molar-refractivity contribution is 8.27. The van der Waals surface area contributed by atoms with Gasteiger partial charge in [0.15, 0.2) is 4.32 Å². The van der Waals surface area contributed by atoms with Crippen LogP contribution < -0.4 is 10.2 Å². The van der Waals surface area contributed by atoms with Crippen molar-refractivity contribution < 1.29 is 14.4 Å². The molecule has 106 valence electrons. The van der Waals surface area contributed by atoms with Crippen molar-refractivity contribution >= 4 is 51.7 Å². The maximum Gasteiger partial charge on any atom is 0.271 e. The van der Waals surface area contributed by atoms with Crippen LogP contribution in [-0.4, -0.2) is 22.0 Å². The highest BCUT2D eigenvalue weighted by Crippen LogP contribution is 2.38. The van der Waals surface area contributed by atoms with Gasteiger partial charge in [-0.05, 0) is 19.1 Å². The van der Waals surface area contributed by atoms with Crippen LogP contribution in [0.1, 0.15) is 12.0 Å². The highest BCUT2D eigenvalue weighted by Gasteiger charge is 2.39. The van der Waals surface area contributed by atoms with Crippen LogP contribution in [0.25, 0.3) is 0 Å². The molecule has 7 heteroatoms. The number of nitrogens with zero attached hydrogens (tertiary/aromatic N) is 1. The van der Waals surface area contributed by atoms with Crippen molar-refractivity contribution in [2.24, 2.45) is 0 Å². The van der Waals surface area contributed by atoms with Gasteiger partial charge in [-0.15, -0.1) is 0 Å². The van der Waals surface area contributed by atoms with Crippen LogP contribution in [0.3, 0.4) is 0 Å². The lowest BCUT2D eigenvalue weighted by Crippen LogP contribution is -2.28. The molecule has 0 aromatic heterocycles. The molecule has 2 aliphatic heterocycles. The third-order valence-corrected chi connectivity index (χ3v) is 4.61. The number of thiocarbonyl (C=S) groups is 1. The van der Waals surface area contributed by atoms with Gasteiger partial charge in [-0.25, -0.2) is 0 Å². The molecule has 0 spiro atoms. The highest BCUT2D eigenvalue weighted by atomic mass is 32.2. The molecule has 2 heterocycles. The lowest BCUT2D eigenvalue weighted by atomic mass is 10.2. The topological polar surface area (TPSA) is 66.5 Å². The first-order valence-electron chi connectivity index (χ1n) is 6.17. The number of carbonyl (C=O) groups excluding carboxylic acids is 3. The maximum atomic E-state index is 12.5. The van der Waals surface area contributed by atoms with Gasteiger partial charge in [0.1, 0.15) is 0 Å². The molecule has 0 unspecified atom stereocenters. The zero-order valence-electron chi connectivity index (χ0n) is 11.0. The Morgan fingerprint density at radius 3 is 2.43 bits per heavy atom. The summed E-state index contributed by atoms with van der Waals surface area (Å²) in [5.41, 5.74) is 1.93. The Morgan fingerprint density at radius 1 is 1.19 bits per heavy atom. The number of imide groups is 1. The Hall–Kier alpha value is -1.99. The van der Waals surface area contributed by atoms with Gasteiger partial charge in [-0.3, -0.25) is 24.6 Å². The van der Waals surface area contributed by atoms with E-state index in [1.807, 2.05) is 19.1 Å². The van der Waals surface area contributed by atoms with Crippen LogP contribution in [-0.2, 0) is 14.4 Å². The van der Waals surface area contributed by atoms with Crippen LogP contribution in [0.4, 0.5) is 5.69 Å². The molecular formula is C14H10N2O3S2. The van der Waals surface area contributed by atoms with Crippen LogP contribution in [0.2, 0.25) is 0 Å². The Balaban J connectivity index is 2.00. The predicted molar refractivity (Wildman–Crippen MR) is 83.6 cm³/mol. The third-order valence-electron chi connectivity index (χ3n) is 3.20. The van der Waals surface area contributed by atoms with Crippen LogP contribution in [0, 0.1) is 6.92 Å². The number of amides is 3. The standard InChI is InChI=1S/C14H10N2O3S2/c1-7-2-4-8(5-3-7)16-13(19)11(21-14(16)20)9-6-10(17)15-12(9)18/h2-5H,6H2,1H3,(H,15,17,18)/b11-9+. The Kier molecular flexibility index (Phi) is 3.38. The number of thioether (sulfide) groups is 1. The van der Waals surface area contributed by atoms with Crippen molar-refractivity contribution in [3.63, 3.8) is 0 Å². The summed E-state index contributed by atoms with van der Waals surface area (Å²) < 4.78 is 0.360. The quantitative estimate of drug-likeness (QED) is 0.485. The molecule has 2 aliphatic rings. The summed E-state index contributed by atoms with van der Waals surface area (Å²) in [4.78, 5) is 37.1. The fraction of sp³-hybridized carbons (Fsp3) is 0.143. The average Bonchev–Trinajstić information content (AvgIpc) is 2.91. The van der Waals surface area contributed by atoms with Crippen LogP contribution in [0.15, 0.2) is 34.7 Å². The van der Waals surface area contributed by atoms with Gasteiger partial charge in [0, 0.05) is 5.57 Å². The lowest BCUT2D eigenvalue weighted by molar-refractivity contribution is -0.124. The summed E-state index contributed by atoms with van der Waals surface area (Å²) in [6.45, 7) is 1.95. The fourth-order valence-electron chi connectivity index (χ4n) is 2.14. The van der Waals surface area contributed by atoms with Gasteiger partial charge in [0.05, 0.1) is 17.0 Å². The van der Waals surface area contributed by atoms with Gasteiger partial charge in [-0.1, -0.05) is 41.7 Å². The molecule has 3 rings (SSSR count). The number of benzene rings is 1. The van der Waals surface area contributed by atoms with Crippen molar-refractivity contribution in [2.45, 2.75) is 13.3 Å². The SMILES string of the molecule is Cc1ccc(N2C(=O)/C(=C3/CC(=O)NC3=O)SC2=S)cc1. The minimum Gasteiger partial charge on any atom is -0.292 e. The molecule has 3 amide bonds. The summed E-state index contributed by atoms with van der Waals surface area (Å²) in [5.74, 6) is -1.26. The van der Waals surface area contributed by atoms with E-state index in [4.69, 9.17) is 12.2 Å². The molecule has 0 atom stereocenters. The normalized spacial score (nSPS) is 22.2. The molecule has 5 nitrogen and oxygen atoms in total. The van der Waals surface area contributed by atoms with Gasteiger partial charge >= 0.3 is 0 Å². The van der Waals surface area contributed by atoms with E-state index >= 15 is 0 Å². The van der Waals surface area contributed by atoms with Crippen LogP contribution in [0.5, 0.6) is 0 Å². The Morgan fingerprint density at radius 2 is 1.86 bits per heavy atom. The lowest BCUT2D eigenvalue weighted by Gasteiger charge is -2.14. The van der Waals surface area contributed by atoms with E-state index in [0.717, 1.165) is 17.3 Å². The molecule has 2 saturated heterocycles. The van der Waals surface area contributed by atoms with Gasteiger partial charge in [0.2, 0.25) is 5.91 Å². The average molecular weight is 318 g/mol. The molecule has 2 fully saturated rings. The number of aryl methyl sites for hydroxylation is 1. The first-order valence-corrected chi connectivity index (χ1v) is 7.40. The van der Waals surface area contributed by atoms with Crippen molar-refractivity contribution in [3.8, 4) is 0 Å². The Bertz CT molecular complexity index is 722. The minimum absolute atomic E-state index is 0.0722. The fourth-order valence-corrected chi connectivity index (χ4v) is 3.50. The minimum atomic E-state index is -0.510. The van der Waals surface area contributed by atoms with E-state index in [2.05, 4.69) is 5.32 Å². The van der Waals surface area contributed by atoms with Crippen molar-refractivity contribution in [2.75, 3.05) is 4.90 Å². The monoisotopic (exact) mass is 318 g/mol. The summed E-state index contributed by atoms with van der Waals surface area (Å²) in [6, 6.07) is 7.36. The van der Waals surface area contributed by atoms with Crippen molar-refractivity contribution in [1.29, 1.82) is 0 Å².